The molecule has 33 heavy (non-hydrogen) atoms. The number of amides is 1. The van der Waals surface area contributed by atoms with Crippen molar-refractivity contribution < 1.29 is 23.8 Å². The largest absolute Gasteiger partial charge is 0.461 e. The van der Waals surface area contributed by atoms with Gasteiger partial charge in [-0.3, -0.25) is 4.79 Å². The van der Waals surface area contributed by atoms with Gasteiger partial charge < -0.3 is 19.5 Å². The molecule has 1 amide bonds. The predicted molar refractivity (Wildman–Crippen MR) is 125 cm³/mol. The Morgan fingerprint density at radius 1 is 0.667 bits per heavy atom. The van der Waals surface area contributed by atoms with E-state index in [0.717, 1.165) is 16.7 Å². The number of hydrogen-bond donors (Lipinski definition) is 1. The van der Waals surface area contributed by atoms with Gasteiger partial charge in [0.1, 0.15) is 13.2 Å². The van der Waals surface area contributed by atoms with Crippen molar-refractivity contribution in [1.82, 2.24) is 5.32 Å². The van der Waals surface area contributed by atoms with Crippen molar-refractivity contribution in [2.45, 2.75) is 38.7 Å². The highest BCUT2D eigenvalue weighted by Gasteiger charge is 2.16. The van der Waals surface area contributed by atoms with E-state index in [9.17, 15) is 9.59 Å². The molecule has 1 N–H and O–H groups in total. The maximum Gasteiger partial charge on any atom is 0.407 e. The SMILES string of the molecule is O=C(CC[C@H](COCc1ccccc1)NC(=O)OCc1ccccc1)OCc1ccccc1. The standard InChI is InChI=1S/C27H29NO5/c29-26(32-19-23-12-6-2-7-13-23)17-16-25(21-31-18-22-10-4-1-5-11-22)28-27(30)33-20-24-14-8-3-9-15-24/h1-15,25H,16-21H2,(H,28,30)/t25-/m1/s1. The Morgan fingerprint density at radius 2 is 1.15 bits per heavy atom. The van der Waals surface area contributed by atoms with Crippen LogP contribution in [-0.4, -0.2) is 24.7 Å². The van der Waals surface area contributed by atoms with Crippen molar-refractivity contribution in [3.05, 3.63) is 108 Å². The predicted octanol–water partition coefficient (Wildman–Crippen LogP) is 5.02. The summed E-state index contributed by atoms with van der Waals surface area (Å²) < 4.78 is 16.4. The molecule has 0 radical (unpaired) electrons. The number of hydrogen-bond acceptors (Lipinski definition) is 5. The maximum absolute atomic E-state index is 12.3. The van der Waals surface area contributed by atoms with Crippen LogP contribution in [0.1, 0.15) is 29.5 Å². The van der Waals surface area contributed by atoms with Gasteiger partial charge in [-0.05, 0) is 23.1 Å². The Morgan fingerprint density at radius 3 is 1.70 bits per heavy atom. The molecular weight excluding hydrogens is 418 g/mol. The number of nitrogens with one attached hydrogen (secondary N) is 1. The van der Waals surface area contributed by atoms with Crippen LogP contribution < -0.4 is 5.32 Å². The topological polar surface area (TPSA) is 73.9 Å². The summed E-state index contributed by atoms with van der Waals surface area (Å²) in [6.07, 6.45) is -0.0154. The van der Waals surface area contributed by atoms with Crippen LogP contribution in [-0.2, 0) is 38.8 Å². The van der Waals surface area contributed by atoms with E-state index in [1.54, 1.807) is 0 Å². The van der Waals surface area contributed by atoms with Crippen molar-refractivity contribution >= 4 is 12.1 Å². The quantitative estimate of drug-likeness (QED) is 0.395. The normalized spacial score (nSPS) is 11.4. The number of ether oxygens (including phenoxy) is 3. The Balaban J connectivity index is 1.46. The molecule has 0 aliphatic carbocycles. The van der Waals surface area contributed by atoms with Gasteiger partial charge in [-0.1, -0.05) is 91.0 Å². The third-order valence-electron chi connectivity index (χ3n) is 4.90. The third kappa shape index (κ3) is 9.58. The summed E-state index contributed by atoms with van der Waals surface area (Å²) in [4.78, 5) is 24.5. The smallest absolute Gasteiger partial charge is 0.407 e. The van der Waals surface area contributed by atoms with Crippen molar-refractivity contribution in [1.29, 1.82) is 0 Å². The Hall–Kier alpha value is -3.64. The molecule has 6 heteroatoms. The lowest BCUT2D eigenvalue weighted by molar-refractivity contribution is -0.145. The first-order valence-electron chi connectivity index (χ1n) is 11.0. The molecule has 0 saturated carbocycles. The van der Waals surface area contributed by atoms with Crippen LogP contribution in [0.5, 0.6) is 0 Å². The Kier molecular flexibility index (Phi) is 9.97. The average molecular weight is 448 g/mol. The average Bonchev–Trinajstić information content (AvgIpc) is 2.86. The molecule has 0 aromatic heterocycles. The zero-order chi connectivity index (χ0) is 23.1. The minimum absolute atomic E-state index is 0.158. The van der Waals surface area contributed by atoms with Crippen molar-refractivity contribution in [2.24, 2.45) is 0 Å². The molecule has 0 fully saturated rings. The third-order valence-corrected chi connectivity index (χ3v) is 4.90. The highest BCUT2D eigenvalue weighted by molar-refractivity contribution is 5.70. The monoisotopic (exact) mass is 447 g/mol. The summed E-state index contributed by atoms with van der Waals surface area (Å²) in [6, 6.07) is 28.3. The number of carbonyl (C=O) groups is 2. The van der Waals surface area contributed by atoms with Gasteiger partial charge in [0.05, 0.1) is 19.3 Å². The van der Waals surface area contributed by atoms with E-state index in [4.69, 9.17) is 14.2 Å². The van der Waals surface area contributed by atoms with Crippen LogP contribution in [0.15, 0.2) is 91.0 Å². The van der Waals surface area contributed by atoms with Crippen LogP contribution in [0.3, 0.4) is 0 Å². The van der Waals surface area contributed by atoms with E-state index in [1.807, 2.05) is 91.0 Å². The summed E-state index contributed by atoms with van der Waals surface area (Å²) in [5.74, 6) is -0.327. The van der Waals surface area contributed by atoms with Crippen molar-refractivity contribution in [3.63, 3.8) is 0 Å². The van der Waals surface area contributed by atoms with E-state index < -0.39 is 6.09 Å². The molecule has 172 valence electrons. The van der Waals surface area contributed by atoms with Gasteiger partial charge in [-0.15, -0.1) is 0 Å². The summed E-state index contributed by atoms with van der Waals surface area (Å²) in [5.41, 5.74) is 2.86. The number of esters is 1. The lowest BCUT2D eigenvalue weighted by Crippen LogP contribution is -2.39. The number of rotatable bonds is 12. The van der Waals surface area contributed by atoms with E-state index in [-0.39, 0.29) is 38.3 Å². The summed E-state index contributed by atoms with van der Waals surface area (Å²) in [7, 11) is 0. The van der Waals surface area contributed by atoms with Crippen LogP contribution >= 0.6 is 0 Å². The summed E-state index contributed by atoms with van der Waals surface area (Å²) in [6.45, 7) is 1.06. The highest BCUT2D eigenvalue weighted by Crippen LogP contribution is 2.08. The number of benzene rings is 3. The zero-order valence-electron chi connectivity index (χ0n) is 18.5. The van der Waals surface area contributed by atoms with Gasteiger partial charge in [0.15, 0.2) is 0 Å². The highest BCUT2D eigenvalue weighted by atomic mass is 16.5. The summed E-state index contributed by atoms with van der Waals surface area (Å²) >= 11 is 0. The van der Waals surface area contributed by atoms with Gasteiger partial charge in [0.25, 0.3) is 0 Å². The van der Waals surface area contributed by atoms with E-state index >= 15 is 0 Å². The fraction of sp³-hybridized carbons (Fsp3) is 0.259. The minimum atomic E-state index is -0.551. The van der Waals surface area contributed by atoms with E-state index in [1.165, 1.54) is 0 Å². The first kappa shape index (κ1) is 24.0. The van der Waals surface area contributed by atoms with E-state index in [0.29, 0.717) is 13.0 Å². The zero-order valence-corrected chi connectivity index (χ0v) is 18.5. The van der Waals surface area contributed by atoms with Crippen molar-refractivity contribution in [2.75, 3.05) is 6.61 Å². The first-order chi connectivity index (χ1) is 16.2. The fourth-order valence-electron chi connectivity index (χ4n) is 3.12. The number of carbonyl (C=O) groups excluding carboxylic acids is 2. The lowest BCUT2D eigenvalue weighted by atomic mass is 10.1. The molecule has 1 atom stereocenters. The van der Waals surface area contributed by atoms with Crippen LogP contribution in [0, 0.1) is 0 Å². The first-order valence-corrected chi connectivity index (χ1v) is 11.0. The molecule has 3 aromatic carbocycles. The van der Waals surface area contributed by atoms with Crippen LogP contribution in [0.4, 0.5) is 4.79 Å². The molecular formula is C27H29NO5. The van der Waals surface area contributed by atoms with Gasteiger partial charge in [0.2, 0.25) is 0 Å². The second-order valence-electron chi connectivity index (χ2n) is 7.59. The van der Waals surface area contributed by atoms with E-state index in [2.05, 4.69) is 5.32 Å². The molecule has 6 nitrogen and oxygen atoms in total. The van der Waals surface area contributed by atoms with Gasteiger partial charge in [-0.25, -0.2) is 4.79 Å². The molecule has 0 aliphatic heterocycles. The Bertz CT molecular complexity index is 964. The lowest BCUT2D eigenvalue weighted by Gasteiger charge is -2.19. The summed E-state index contributed by atoms with van der Waals surface area (Å²) in [5, 5.41) is 2.81. The molecule has 0 aliphatic rings. The van der Waals surface area contributed by atoms with Gasteiger partial charge in [0, 0.05) is 6.42 Å². The van der Waals surface area contributed by atoms with Gasteiger partial charge in [-0.2, -0.15) is 0 Å². The second kappa shape index (κ2) is 13.7. The minimum Gasteiger partial charge on any atom is -0.461 e. The Labute approximate surface area is 194 Å². The maximum atomic E-state index is 12.3. The molecule has 3 rings (SSSR count). The molecule has 0 bridgehead atoms. The van der Waals surface area contributed by atoms with Gasteiger partial charge >= 0.3 is 12.1 Å². The van der Waals surface area contributed by atoms with Crippen molar-refractivity contribution in [3.8, 4) is 0 Å². The molecule has 3 aromatic rings. The fourth-order valence-corrected chi connectivity index (χ4v) is 3.12. The molecule has 0 saturated heterocycles. The molecule has 0 spiro atoms. The molecule has 0 unspecified atom stereocenters. The van der Waals surface area contributed by atoms with Crippen LogP contribution in [0.2, 0.25) is 0 Å². The van der Waals surface area contributed by atoms with Crippen LogP contribution in [0.25, 0.3) is 0 Å². The second-order valence-corrected chi connectivity index (χ2v) is 7.59. The molecule has 0 heterocycles. The number of alkyl carbamates (subject to hydrolysis) is 1.